The fraction of sp³-hybridized carbons (Fsp3) is 0.0435. The largest absolute Gasteiger partial charge is 0.490 e. The highest BCUT2D eigenvalue weighted by Crippen LogP contribution is 2.23. The number of rotatable bonds is 5. The van der Waals surface area contributed by atoms with Crippen LogP contribution in [-0.4, -0.2) is 18.5 Å². The summed E-state index contributed by atoms with van der Waals surface area (Å²) in [5, 5.41) is 2.20. The van der Waals surface area contributed by atoms with Crippen LogP contribution in [0.1, 0.15) is 11.1 Å². The van der Waals surface area contributed by atoms with E-state index in [2.05, 4.69) is 11.6 Å². The van der Waals surface area contributed by atoms with Crippen molar-refractivity contribution in [1.82, 2.24) is 0 Å². The first-order chi connectivity index (χ1) is 13.2. The Morgan fingerprint density at radius 1 is 1.00 bits per heavy atom. The number of cyclic esters (lactones) is 1. The van der Waals surface area contributed by atoms with E-state index in [1.165, 1.54) is 0 Å². The molecule has 27 heavy (non-hydrogen) atoms. The SMILES string of the molecule is C=CCOc1ccc(C=C2N=C(c3ccc4ccccc4c3)OC2=O)cc1. The molecule has 0 bridgehead atoms. The lowest BCUT2D eigenvalue weighted by Gasteiger charge is -2.02. The van der Waals surface area contributed by atoms with Crippen LogP contribution in [0.25, 0.3) is 16.8 Å². The second-order valence-electron chi connectivity index (χ2n) is 6.07. The zero-order valence-electron chi connectivity index (χ0n) is 14.6. The normalized spacial score (nSPS) is 14.9. The van der Waals surface area contributed by atoms with Crippen LogP contribution in [0.15, 0.2) is 90.1 Å². The molecular formula is C23H17NO3. The van der Waals surface area contributed by atoms with Gasteiger partial charge in [-0.3, -0.25) is 0 Å². The summed E-state index contributed by atoms with van der Waals surface area (Å²) in [7, 11) is 0. The number of hydrogen-bond acceptors (Lipinski definition) is 4. The standard InChI is InChI=1S/C23H17NO3/c1-2-13-26-20-11-7-16(8-12-20)14-21-23(25)27-22(24-21)19-10-9-17-5-3-4-6-18(17)15-19/h2-12,14-15H,1,13H2. The first-order valence-electron chi connectivity index (χ1n) is 8.58. The van der Waals surface area contributed by atoms with Gasteiger partial charge >= 0.3 is 5.97 Å². The van der Waals surface area contributed by atoms with Crippen molar-refractivity contribution in [3.05, 3.63) is 96.2 Å². The van der Waals surface area contributed by atoms with Crippen molar-refractivity contribution in [1.29, 1.82) is 0 Å². The van der Waals surface area contributed by atoms with Crippen LogP contribution in [0, 0.1) is 0 Å². The van der Waals surface area contributed by atoms with Gasteiger partial charge in [-0.1, -0.05) is 55.1 Å². The molecule has 0 aromatic heterocycles. The van der Waals surface area contributed by atoms with Crippen molar-refractivity contribution in [3.63, 3.8) is 0 Å². The van der Waals surface area contributed by atoms with Gasteiger partial charge in [0.15, 0.2) is 5.70 Å². The highest BCUT2D eigenvalue weighted by molar-refractivity contribution is 6.13. The van der Waals surface area contributed by atoms with Crippen LogP contribution >= 0.6 is 0 Å². The zero-order chi connectivity index (χ0) is 18.6. The van der Waals surface area contributed by atoms with E-state index in [1.54, 1.807) is 12.2 Å². The smallest absolute Gasteiger partial charge is 0.363 e. The van der Waals surface area contributed by atoms with Crippen molar-refractivity contribution in [2.24, 2.45) is 4.99 Å². The summed E-state index contributed by atoms with van der Waals surface area (Å²) in [6, 6.07) is 21.3. The van der Waals surface area contributed by atoms with E-state index in [0.717, 1.165) is 27.6 Å². The molecule has 1 aliphatic rings. The Hall–Kier alpha value is -3.66. The fourth-order valence-electron chi connectivity index (χ4n) is 2.83. The van der Waals surface area contributed by atoms with E-state index in [1.807, 2.05) is 66.7 Å². The number of nitrogens with zero attached hydrogens (tertiary/aromatic N) is 1. The molecule has 0 saturated carbocycles. The summed E-state index contributed by atoms with van der Waals surface area (Å²) in [4.78, 5) is 16.6. The Morgan fingerprint density at radius 2 is 1.78 bits per heavy atom. The first kappa shape index (κ1) is 16.8. The monoisotopic (exact) mass is 355 g/mol. The maximum absolute atomic E-state index is 12.2. The second kappa shape index (κ2) is 7.30. The Bertz CT molecular complexity index is 1080. The van der Waals surface area contributed by atoms with E-state index < -0.39 is 5.97 Å². The van der Waals surface area contributed by atoms with Gasteiger partial charge in [-0.25, -0.2) is 9.79 Å². The van der Waals surface area contributed by atoms with Crippen LogP contribution in [0.4, 0.5) is 0 Å². The number of carbonyl (C=O) groups is 1. The molecule has 0 N–H and O–H groups in total. The number of aliphatic imine (C=N–C) groups is 1. The Labute approximate surface area is 157 Å². The van der Waals surface area contributed by atoms with E-state index in [-0.39, 0.29) is 5.70 Å². The number of esters is 1. The lowest BCUT2D eigenvalue weighted by molar-refractivity contribution is -0.129. The highest BCUT2D eigenvalue weighted by atomic mass is 16.6. The molecule has 3 aromatic rings. The predicted molar refractivity (Wildman–Crippen MR) is 107 cm³/mol. The maximum Gasteiger partial charge on any atom is 0.363 e. The number of fused-ring (bicyclic) bond motifs is 1. The minimum absolute atomic E-state index is 0.276. The summed E-state index contributed by atoms with van der Waals surface area (Å²) in [5.41, 5.74) is 1.90. The van der Waals surface area contributed by atoms with Crippen LogP contribution in [0.2, 0.25) is 0 Å². The van der Waals surface area contributed by atoms with Crippen molar-refractivity contribution in [2.75, 3.05) is 6.61 Å². The molecule has 0 aliphatic carbocycles. The Kier molecular flexibility index (Phi) is 4.54. The van der Waals surface area contributed by atoms with Gasteiger partial charge in [0.1, 0.15) is 12.4 Å². The molecule has 1 aliphatic heterocycles. The molecule has 4 heteroatoms. The fourth-order valence-corrected chi connectivity index (χ4v) is 2.83. The first-order valence-corrected chi connectivity index (χ1v) is 8.58. The van der Waals surface area contributed by atoms with Gasteiger partial charge in [-0.05, 0) is 46.7 Å². The number of ether oxygens (including phenoxy) is 2. The number of benzene rings is 3. The number of hydrogen-bond donors (Lipinski definition) is 0. The lowest BCUT2D eigenvalue weighted by atomic mass is 10.1. The molecular weight excluding hydrogens is 338 g/mol. The molecule has 4 rings (SSSR count). The van der Waals surface area contributed by atoms with Crippen molar-refractivity contribution >= 4 is 28.7 Å². The molecule has 0 saturated heterocycles. The lowest BCUT2D eigenvalue weighted by Crippen LogP contribution is -2.05. The van der Waals surface area contributed by atoms with Gasteiger partial charge in [-0.2, -0.15) is 0 Å². The Morgan fingerprint density at radius 3 is 2.56 bits per heavy atom. The highest BCUT2D eigenvalue weighted by Gasteiger charge is 2.24. The van der Waals surface area contributed by atoms with Gasteiger partial charge < -0.3 is 9.47 Å². The van der Waals surface area contributed by atoms with Gasteiger partial charge in [0.05, 0.1) is 0 Å². The molecule has 132 valence electrons. The van der Waals surface area contributed by atoms with Gasteiger partial charge in [0, 0.05) is 5.56 Å². The molecule has 4 nitrogen and oxygen atoms in total. The van der Waals surface area contributed by atoms with Crippen LogP contribution < -0.4 is 4.74 Å². The molecule has 0 fully saturated rings. The molecule has 0 spiro atoms. The zero-order valence-corrected chi connectivity index (χ0v) is 14.6. The average molecular weight is 355 g/mol. The Balaban J connectivity index is 1.59. The van der Waals surface area contributed by atoms with Crippen LogP contribution in [-0.2, 0) is 9.53 Å². The third-order valence-corrected chi connectivity index (χ3v) is 4.17. The quantitative estimate of drug-likeness (QED) is 0.377. The molecule has 0 amide bonds. The van der Waals surface area contributed by atoms with Crippen molar-refractivity contribution < 1.29 is 14.3 Å². The third-order valence-electron chi connectivity index (χ3n) is 4.17. The second-order valence-corrected chi connectivity index (χ2v) is 6.07. The minimum Gasteiger partial charge on any atom is -0.490 e. The summed E-state index contributed by atoms with van der Waals surface area (Å²) in [6.07, 6.45) is 3.39. The number of carbonyl (C=O) groups excluding carboxylic acids is 1. The van der Waals surface area contributed by atoms with E-state index in [0.29, 0.717) is 12.5 Å². The molecule has 3 aromatic carbocycles. The van der Waals surface area contributed by atoms with Crippen LogP contribution in [0.3, 0.4) is 0 Å². The van der Waals surface area contributed by atoms with Crippen LogP contribution in [0.5, 0.6) is 5.75 Å². The summed E-state index contributed by atoms with van der Waals surface area (Å²) in [6.45, 7) is 4.07. The third kappa shape index (κ3) is 3.65. The van der Waals surface area contributed by atoms with Crippen molar-refractivity contribution in [3.8, 4) is 5.75 Å². The maximum atomic E-state index is 12.2. The van der Waals surface area contributed by atoms with Crippen molar-refractivity contribution in [2.45, 2.75) is 0 Å². The predicted octanol–water partition coefficient (Wildman–Crippen LogP) is 4.75. The summed E-state index contributed by atoms with van der Waals surface area (Å²) < 4.78 is 10.8. The molecule has 0 radical (unpaired) electrons. The average Bonchev–Trinajstić information content (AvgIpc) is 3.07. The van der Waals surface area contributed by atoms with Gasteiger partial charge in [-0.15, -0.1) is 0 Å². The van der Waals surface area contributed by atoms with E-state index in [4.69, 9.17) is 9.47 Å². The minimum atomic E-state index is -0.454. The summed E-state index contributed by atoms with van der Waals surface area (Å²) >= 11 is 0. The van der Waals surface area contributed by atoms with E-state index in [9.17, 15) is 4.79 Å². The topological polar surface area (TPSA) is 47.9 Å². The molecule has 0 unspecified atom stereocenters. The van der Waals surface area contributed by atoms with E-state index >= 15 is 0 Å². The summed E-state index contributed by atoms with van der Waals surface area (Å²) in [5.74, 6) is 0.611. The molecule has 1 heterocycles. The van der Waals surface area contributed by atoms with Gasteiger partial charge in [0.25, 0.3) is 0 Å². The molecule has 0 atom stereocenters. The van der Waals surface area contributed by atoms with Gasteiger partial charge in [0.2, 0.25) is 5.90 Å².